The Hall–Kier alpha value is -2.30. The molecule has 3 N–H and O–H groups in total. The summed E-state index contributed by atoms with van der Waals surface area (Å²) in [5, 5.41) is 12.9. The summed E-state index contributed by atoms with van der Waals surface area (Å²) in [4.78, 5) is 13.2. The van der Waals surface area contributed by atoms with Crippen molar-refractivity contribution in [2.24, 2.45) is 5.10 Å². The number of fused-ring (bicyclic) bond motifs is 1. The van der Waals surface area contributed by atoms with Crippen LogP contribution in [0.3, 0.4) is 0 Å². The molecule has 1 aromatic heterocycles. The number of hydrogen-bond acceptors (Lipinski definition) is 2. The number of amides is 1. The van der Waals surface area contributed by atoms with E-state index in [0.717, 1.165) is 16.6 Å². The lowest BCUT2D eigenvalue weighted by molar-refractivity contribution is 0.195. The summed E-state index contributed by atoms with van der Waals surface area (Å²) in [7, 11) is 0. The van der Waals surface area contributed by atoms with Crippen LogP contribution in [0.5, 0.6) is 0 Å². The van der Waals surface area contributed by atoms with Gasteiger partial charge < -0.3 is 10.1 Å². The fourth-order valence-electron chi connectivity index (χ4n) is 1.32. The minimum atomic E-state index is -1.18. The first kappa shape index (κ1) is 9.26. The predicted molar refractivity (Wildman–Crippen MR) is 57.1 cm³/mol. The normalized spacial score (nSPS) is 10.9. The average Bonchev–Trinajstić information content (AvgIpc) is 2.59. The van der Waals surface area contributed by atoms with E-state index in [-0.39, 0.29) is 0 Å². The Kier molecular flexibility index (Phi) is 2.37. The smallest absolute Gasteiger partial charge is 0.425 e. The second-order valence-corrected chi connectivity index (χ2v) is 2.99. The topological polar surface area (TPSA) is 77.5 Å². The molecule has 0 saturated carbocycles. The maximum absolute atomic E-state index is 10.1. The molecule has 0 fully saturated rings. The molecule has 0 atom stereocenters. The highest BCUT2D eigenvalue weighted by molar-refractivity contribution is 5.89. The zero-order valence-electron chi connectivity index (χ0n) is 7.77. The molecule has 0 spiro atoms. The summed E-state index contributed by atoms with van der Waals surface area (Å²) >= 11 is 0. The van der Waals surface area contributed by atoms with E-state index in [1.807, 2.05) is 35.8 Å². The van der Waals surface area contributed by atoms with Crippen molar-refractivity contribution in [1.29, 1.82) is 0 Å². The van der Waals surface area contributed by atoms with Gasteiger partial charge in [0.15, 0.2) is 0 Å². The fourth-order valence-corrected chi connectivity index (χ4v) is 1.32. The van der Waals surface area contributed by atoms with Crippen LogP contribution in [0.4, 0.5) is 4.79 Å². The Morgan fingerprint density at radius 1 is 1.47 bits per heavy atom. The standard InChI is InChI=1S/C10H9N3O2/c14-10(15)13-11-6-8-5-7-3-1-2-4-9(7)12-8/h1-6,12-13H,(H,14,15). The fraction of sp³-hybridized carbons (Fsp3) is 0. The maximum atomic E-state index is 10.1. The zero-order chi connectivity index (χ0) is 10.7. The van der Waals surface area contributed by atoms with E-state index in [0.29, 0.717) is 0 Å². The van der Waals surface area contributed by atoms with Gasteiger partial charge in [-0.15, -0.1) is 0 Å². The van der Waals surface area contributed by atoms with Gasteiger partial charge in [-0.2, -0.15) is 5.10 Å². The van der Waals surface area contributed by atoms with Gasteiger partial charge in [-0.3, -0.25) is 0 Å². The molecule has 0 saturated heterocycles. The summed E-state index contributed by atoms with van der Waals surface area (Å²) in [5.74, 6) is 0. The molecule has 0 aliphatic carbocycles. The van der Waals surface area contributed by atoms with E-state index >= 15 is 0 Å². The SMILES string of the molecule is O=C(O)NN=Cc1cc2ccccc2[nH]1. The highest BCUT2D eigenvalue weighted by atomic mass is 16.4. The Labute approximate surface area is 85.4 Å². The third-order valence-electron chi connectivity index (χ3n) is 1.91. The summed E-state index contributed by atoms with van der Waals surface area (Å²) < 4.78 is 0. The Bertz CT molecular complexity index is 483. The van der Waals surface area contributed by atoms with Crippen LogP contribution < -0.4 is 5.43 Å². The molecule has 1 heterocycles. The lowest BCUT2D eigenvalue weighted by Crippen LogP contribution is -2.13. The van der Waals surface area contributed by atoms with Crippen molar-refractivity contribution in [1.82, 2.24) is 10.4 Å². The number of aromatic nitrogens is 1. The van der Waals surface area contributed by atoms with Crippen molar-refractivity contribution in [2.45, 2.75) is 0 Å². The Morgan fingerprint density at radius 2 is 2.27 bits per heavy atom. The van der Waals surface area contributed by atoms with Crippen LogP contribution in [-0.2, 0) is 0 Å². The van der Waals surface area contributed by atoms with Gasteiger partial charge in [0.1, 0.15) is 0 Å². The number of carboxylic acid groups (broad SMARTS) is 1. The van der Waals surface area contributed by atoms with E-state index in [1.54, 1.807) is 0 Å². The molecule has 5 nitrogen and oxygen atoms in total. The van der Waals surface area contributed by atoms with Crippen LogP contribution in [0.25, 0.3) is 10.9 Å². The van der Waals surface area contributed by atoms with Gasteiger partial charge >= 0.3 is 6.09 Å². The van der Waals surface area contributed by atoms with Crippen molar-refractivity contribution >= 4 is 23.2 Å². The highest BCUT2D eigenvalue weighted by Crippen LogP contribution is 2.12. The monoisotopic (exact) mass is 203 g/mol. The molecule has 15 heavy (non-hydrogen) atoms. The first-order valence-electron chi connectivity index (χ1n) is 4.35. The van der Waals surface area contributed by atoms with Gasteiger partial charge in [0.05, 0.1) is 11.9 Å². The summed E-state index contributed by atoms with van der Waals surface area (Å²) in [6.07, 6.45) is 0.246. The number of nitrogens with zero attached hydrogens (tertiary/aromatic N) is 1. The molecular weight excluding hydrogens is 194 g/mol. The molecule has 0 aliphatic heterocycles. The highest BCUT2D eigenvalue weighted by Gasteiger charge is 1.96. The van der Waals surface area contributed by atoms with Crippen molar-refractivity contribution < 1.29 is 9.90 Å². The number of carbonyl (C=O) groups is 1. The van der Waals surface area contributed by atoms with Crippen molar-refractivity contribution in [2.75, 3.05) is 0 Å². The van der Waals surface area contributed by atoms with Crippen LogP contribution in [0.2, 0.25) is 0 Å². The van der Waals surface area contributed by atoms with Crippen LogP contribution in [0, 0.1) is 0 Å². The van der Waals surface area contributed by atoms with E-state index < -0.39 is 6.09 Å². The number of rotatable bonds is 2. The quantitative estimate of drug-likeness (QED) is 0.513. The number of hydrazone groups is 1. The first-order valence-corrected chi connectivity index (χ1v) is 4.35. The molecule has 2 rings (SSSR count). The van der Waals surface area contributed by atoms with Gasteiger partial charge in [-0.05, 0) is 12.1 Å². The van der Waals surface area contributed by atoms with Crippen LogP contribution >= 0.6 is 0 Å². The Morgan fingerprint density at radius 3 is 3.00 bits per heavy atom. The third kappa shape index (κ3) is 2.14. The van der Waals surface area contributed by atoms with Gasteiger partial charge in [0, 0.05) is 10.9 Å². The number of aromatic amines is 1. The van der Waals surface area contributed by atoms with E-state index in [9.17, 15) is 4.79 Å². The summed E-state index contributed by atoms with van der Waals surface area (Å²) in [6, 6.07) is 9.66. The van der Waals surface area contributed by atoms with Gasteiger partial charge in [-0.25, -0.2) is 10.2 Å². The van der Waals surface area contributed by atoms with Gasteiger partial charge in [0.2, 0.25) is 0 Å². The lowest BCUT2D eigenvalue weighted by atomic mass is 10.2. The number of hydrogen-bond donors (Lipinski definition) is 3. The van der Waals surface area contributed by atoms with Crippen LogP contribution in [0.1, 0.15) is 5.69 Å². The van der Waals surface area contributed by atoms with Crippen LogP contribution in [-0.4, -0.2) is 22.4 Å². The number of para-hydroxylation sites is 1. The molecule has 0 radical (unpaired) electrons. The minimum absolute atomic E-state index is 0.755. The molecule has 0 unspecified atom stereocenters. The molecule has 0 bridgehead atoms. The lowest BCUT2D eigenvalue weighted by Gasteiger charge is -1.87. The predicted octanol–water partition coefficient (Wildman–Crippen LogP) is 1.77. The number of benzene rings is 1. The molecular formula is C10H9N3O2. The van der Waals surface area contributed by atoms with Crippen molar-refractivity contribution in [3.05, 3.63) is 36.0 Å². The summed E-state index contributed by atoms with van der Waals surface area (Å²) in [6.45, 7) is 0. The molecule has 1 amide bonds. The number of nitrogens with one attached hydrogen (secondary N) is 2. The zero-order valence-corrected chi connectivity index (χ0v) is 7.77. The largest absolute Gasteiger partial charge is 0.464 e. The van der Waals surface area contributed by atoms with E-state index in [1.165, 1.54) is 6.21 Å². The summed E-state index contributed by atoms with van der Waals surface area (Å²) in [5.41, 5.74) is 3.65. The second kappa shape index (κ2) is 3.83. The van der Waals surface area contributed by atoms with Crippen molar-refractivity contribution in [3.63, 3.8) is 0 Å². The molecule has 5 heteroatoms. The van der Waals surface area contributed by atoms with E-state index in [4.69, 9.17) is 5.11 Å². The third-order valence-corrected chi connectivity index (χ3v) is 1.91. The van der Waals surface area contributed by atoms with E-state index in [2.05, 4.69) is 10.1 Å². The molecule has 1 aromatic carbocycles. The molecule has 2 aromatic rings. The Balaban J connectivity index is 2.22. The van der Waals surface area contributed by atoms with Gasteiger partial charge in [-0.1, -0.05) is 18.2 Å². The first-order chi connectivity index (χ1) is 7.25. The van der Waals surface area contributed by atoms with Crippen molar-refractivity contribution in [3.8, 4) is 0 Å². The van der Waals surface area contributed by atoms with Crippen LogP contribution in [0.15, 0.2) is 35.4 Å². The average molecular weight is 203 g/mol. The minimum Gasteiger partial charge on any atom is -0.464 e. The number of H-pyrrole nitrogens is 1. The maximum Gasteiger partial charge on any atom is 0.425 e. The van der Waals surface area contributed by atoms with Gasteiger partial charge in [0.25, 0.3) is 0 Å². The second-order valence-electron chi connectivity index (χ2n) is 2.99. The molecule has 76 valence electrons. The molecule has 0 aliphatic rings.